The van der Waals surface area contributed by atoms with Gasteiger partial charge in [0.05, 0.1) is 12.6 Å². The Morgan fingerprint density at radius 3 is 3.05 bits per heavy atom. The maximum atomic E-state index is 12.2. The van der Waals surface area contributed by atoms with E-state index in [1.54, 1.807) is 0 Å². The lowest BCUT2D eigenvalue weighted by Gasteiger charge is -2.20. The molecule has 1 amide bonds. The van der Waals surface area contributed by atoms with Crippen molar-refractivity contribution < 1.29 is 9.53 Å². The number of carbonyl (C=O) groups is 1. The number of hydrogen-bond acceptors (Lipinski definition) is 3. The van der Waals surface area contributed by atoms with Gasteiger partial charge in [0.2, 0.25) is 5.91 Å². The van der Waals surface area contributed by atoms with E-state index in [0.29, 0.717) is 6.54 Å². The van der Waals surface area contributed by atoms with Gasteiger partial charge >= 0.3 is 0 Å². The van der Waals surface area contributed by atoms with Crippen LogP contribution in [0, 0.1) is 0 Å². The molecular weight excluding hydrogens is 240 g/mol. The molecule has 2 aliphatic rings. The molecule has 1 aromatic carbocycles. The Labute approximate surface area is 113 Å². The molecule has 2 aliphatic heterocycles. The number of benzene rings is 1. The molecule has 2 atom stereocenters. The maximum absolute atomic E-state index is 12.2. The van der Waals surface area contributed by atoms with Crippen LogP contribution >= 0.6 is 0 Å². The van der Waals surface area contributed by atoms with Crippen molar-refractivity contribution >= 4 is 5.91 Å². The van der Waals surface area contributed by atoms with Gasteiger partial charge < -0.3 is 15.0 Å². The Kier molecular flexibility index (Phi) is 3.42. The van der Waals surface area contributed by atoms with E-state index in [9.17, 15) is 4.79 Å². The van der Waals surface area contributed by atoms with Crippen LogP contribution in [0.5, 0.6) is 5.75 Å². The van der Waals surface area contributed by atoms with Gasteiger partial charge in [-0.25, -0.2) is 0 Å². The third-order valence-electron chi connectivity index (χ3n) is 3.89. The van der Waals surface area contributed by atoms with Gasteiger partial charge in [0.1, 0.15) is 11.9 Å². The molecule has 1 fully saturated rings. The molecule has 2 heterocycles. The third-order valence-corrected chi connectivity index (χ3v) is 3.89. The zero-order valence-corrected chi connectivity index (χ0v) is 11.3. The van der Waals surface area contributed by atoms with Gasteiger partial charge in [-0.2, -0.15) is 0 Å². The standard InChI is InChI=1S/C15H20N2O2/c1-2-16-13-7-8-17(15(13)18)10-12-9-11-5-3-4-6-14(11)19-12/h3-6,12-13,16H,2,7-10H2,1H3. The number of amides is 1. The van der Waals surface area contributed by atoms with Gasteiger partial charge in [-0.15, -0.1) is 0 Å². The first-order valence-electron chi connectivity index (χ1n) is 7.04. The highest BCUT2D eigenvalue weighted by atomic mass is 16.5. The van der Waals surface area contributed by atoms with Crippen molar-refractivity contribution in [2.75, 3.05) is 19.6 Å². The Bertz CT molecular complexity index is 450. The number of fused-ring (bicyclic) bond motifs is 1. The van der Waals surface area contributed by atoms with E-state index in [1.807, 2.05) is 30.0 Å². The first-order valence-corrected chi connectivity index (χ1v) is 7.04. The highest BCUT2D eigenvalue weighted by molar-refractivity contribution is 5.84. The average Bonchev–Trinajstić information content (AvgIpc) is 2.96. The Hall–Kier alpha value is -1.55. The summed E-state index contributed by atoms with van der Waals surface area (Å²) in [7, 11) is 0. The molecule has 0 bridgehead atoms. The van der Waals surface area contributed by atoms with E-state index >= 15 is 0 Å². The van der Waals surface area contributed by atoms with Crippen LogP contribution in [-0.4, -0.2) is 42.6 Å². The highest BCUT2D eigenvalue weighted by Crippen LogP contribution is 2.29. The van der Waals surface area contributed by atoms with Crippen molar-refractivity contribution in [2.24, 2.45) is 0 Å². The molecule has 1 aromatic rings. The van der Waals surface area contributed by atoms with Gasteiger partial charge in [-0.05, 0) is 24.6 Å². The minimum atomic E-state index is 0.00813. The molecule has 0 saturated carbocycles. The summed E-state index contributed by atoms with van der Waals surface area (Å²) >= 11 is 0. The molecule has 2 unspecified atom stereocenters. The minimum Gasteiger partial charge on any atom is -0.488 e. The van der Waals surface area contributed by atoms with Crippen LogP contribution in [-0.2, 0) is 11.2 Å². The number of nitrogens with zero attached hydrogens (tertiary/aromatic N) is 1. The van der Waals surface area contributed by atoms with Gasteiger partial charge in [0.15, 0.2) is 0 Å². The van der Waals surface area contributed by atoms with Gasteiger partial charge in [0, 0.05) is 13.0 Å². The molecule has 4 heteroatoms. The van der Waals surface area contributed by atoms with Crippen molar-refractivity contribution in [2.45, 2.75) is 31.9 Å². The van der Waals surface area contributed by atoms with Crippen LogP contribution in [0.1, 0.15) is 18.9 Å². The van der Waals surface area contributed by atoms with Crippen LogP contribution in [0.3, 0.4) is 0 Å². The van der Waals surface area contributed by atoms with Crippen LogP contribution in [0.15, 0.2) is 24.3 Å². The number of likely N-dealkylation sites (tertiary alicyclic amines) is 1. The Balaban J connectivity index is 1.58. The topological polar surface area (TPSA) is 41.6 Å². The zero-order valence-electron chi connectivity index (χ0n) is 11.3. The van der Waals surface area contributed by atoms with E-state index in [1.165, 1.54) is 5.56 Å². The average molecular weight is 260 g/mol. The number of hydrogen-bond donors (Lipinski definition) is 1. The Morgan fingerprint density at radius 1 is 1.42 bits per heavy atom. The number of carbonyl (C=O) groups excluding carboxylic acids is 1. The van der Waals surface area contributed by atoms with Crippen LogP contribution in [0.25, 0.3) is 0 Å². The summed E-state index contributed by atoms with van der Waals surface area (Å²) in [4.78, 5) is 14.1. The monoisotopic (exact) mass is 260 g/mol. The quantitative estimate of drug-likeness (QED) is 0.884. The lowest BCUT2D eigenvalue weighted by atomic mass is 10.1. The fraction of sp³-hybridized carbons (Fsp3) is 0.533. The largest absolute Gasteiger partial charge is 0.488 e. The molecule has 3 rings (SSSR count). The highest BCUT2D eigenvalue weighted by Gasteiger charge is 2.34. The predicted molar refractivity (Wildman–Crippen MR) is 73.2 cm³/mol. The fourth-order valence-electron chi connectivity index (χ4n) is 2.96. The van der Waals surface area contributed by atoms with Crippen molar-refractivity contribution in [1.82, 2.24) is 10.2 Å². The summed E-state index contributed by atoms with van der Waals surface area (Å²) in [6.45, 7) is 4.42. The van der Waals surface area contributed by atoms with E-state index < -0.39 is 0 Å². The first-order chi connectivity index (χ1) is 9.28. The van der Waals surface area contributed by atoms with E-state index in [-0.39, 0.29) is 18.1 Å². The number of nitrogens with one attached hydrogen (secondary N) is 1. The molecule has 1 N–H and O–H groups in total. The van der Waals surface area contributed by atoms with E-state index in [4.69, 9.17) is 4.74 Å². The normalized spacial score (nSPS) is 25.5. The summed E-state index contributed by atoms with van der Waals surface area (Å²) in [6, 6.07) is 8.13. The molecule has 0 aliphatic carbocycles. The molecule has 19 heavy (non-hydrogen) atoms. The van der Waals surface area contributed by atoms with Crippen LogP contribution in [0.4, 0.5) is 0 Å². The van der Waals surface area contributed by atoms with Gasteiger partial charge in [-0.3, -0.25) is 4.79 Å². The smallest absolute Gasteiger partial charge is 0.239 e. The second-order valence-electron chi connectivity index (χ2n) is 5.23. The molecule has 0 aromatic heterocycles. The lowest BCUT2D eigenvalue weighted by Crippen LogP contribution is -2.41. The van der Waals surface area contributed by atoms with Gasteiger partial charge in [0.25, 0.3) is 0 Å². The zero-order chi connectivity index (χ0) is 13.2. The van der Waals surface area contributed by atoms with Gasteiger partial charge in [-0.1, -0.05) is 25.1 Å². The fourth-order valence-corrected chi connectivity index (χ4v) is 2.96. The summed E-state index contributed by atoms with van der Waals surface area (Å²) in [5.41, 5.74) is 1.25. The van der Waals surface area contributed by atoms with Crippen molar-refractivity contribution in [3.05, 3.63) is 29.8 Å². The Morgan fingerprint density at radius 2 is 2.26 bits per heavy atom. The van der Waals surface area contributed by atoms with Crippen molar-refractivity contribution in [1.29, 1.82) is 0 Å². The van der Waals surface area contributed by atoms with Crippen LogP contribution in [0.2, 0.25) is 0 Å². The number of likely N-dealkylation sites (N-methyl/N-ethyl adjacent to an activating group) is 1. The lowest BCUT2D eigenvalue weighted by molar-refractivity contribution is -0.130. The molecular formula is C15H20N2O2. The summed E-state index contributed by atoms with van der Waals surface area (Å²) in [5, 5.41) is 3.23. The predicted octanol–water partition coefficient (Wildman–Crippen LogP) is 1.20. The second kappa shape index (κ2) is 5.21. The molecule has 0 radical (unpaired) electrons. The maximum Gasteiger partial charge on any atom is 0.239 e. The number of para-hydroxylation sites is 1. The number of ether oxygens (including phenoxy) is 1. The second-order valence-corrected chi connectivity index (χ2v) is 5.23. The molecule has 1 saturated heterocycles. The summed E-state index contributed by atoms with van der Waals surface area (Å²) in [6.07, 6.45) is 1.93. The number of rotatable bonds is 4. The SMILES string of the molecule is CCNC1CCN(CC2Cc3ccccc3O2)C1=O. The molecule has 0 spiro atoms. The van der Waals surface area contributed by atoms with Crippen LogP contribution < -0.4 is 10.1 Å². The summed E-state index contributed by atoms with van der Waals surface area (Å²) in [5.74, 6) is 1.20. The molecule has 4 nitrogen and oxygen atoms in total. The first kappa shape index (κ1) is 12.5. The van der Waals surface area contributed by atoms with E-state index in [2.05, 4.69) is 11.4 Å². The van der Waals surface area contributed by atoms with E-state index in [0.717, 1.165) is 31.7 Å². The van der Waals surface area contributed by atoms with Crippen molar-refractivity contribution in [3.8, 4) is 5.75 Å². The molecule has 102 valence electrons. The minimum absolute atomic E-state index is 0.00813. The third kappa shape index (κ3) is 2.45. The van der Waals surface area contributed by atoms with Crippen molar-refractivity contribution in [3.63, 3.8) is 0 Å². The summed E-state index contributed by atoms with van der Waals surface area (Å²) < 4.78 is 5.90.